The molecular weight excluding hydrogens is 2210 g/mol. The van der Waals surface area contributed by atoms with Crippen LogP contribution in [0.25, 0.3) is 43.2 Å². The van der Waals surface area contributed by atoms with Gasteiger partial charge in [0, 0.05) is 253 Å². The van der Waals surface area contributed by atoms with Gasteiger partial charge >= 0.3 is 15.2 Å². The molecule has 2 spiro atoms. The van der Waals surface area contributed by atoms with Crippen molar-refractivity contribution in [3.8, 4) is 11.5 Å². The standard InChI is InChI=1S/C53H59Cl2N6O10PS.C52H60Cl2N7O10PS.2Y/c1-28(2)45(58-41(62)16-6-5-11-17-59-42(63)20-40(73)48(59)66)47(65)56-29(3)46(64)57-36-18-37-43(34-14-9-7-12-32(34)36)30(21-54)23-60(37)49(67)51-25-52(27-53(51,52)26-51)50(68)61-24-31(22-55)44-35-15-10-8-13-33(35)39(19-38(44)61)71-72(4,69)70;1-26(2)43(58-38(62)13-7-6-10-14-59-39(63)17-37(73)47(59)66)46(65)56-28(4)45(64)57-33-15-34-41(32-12-9-8-11-31(32)33)29(18-53)21-60(34)48(67)50-23-51(25-52(50,51)24-50)49(68)61-22-30(19-54)42-35(61)16-36(71-72(5,69)70)44-40(42)27(3)20-55-44;;/h7-10,12-15,18-19,28-31,40,45,73H,5-6,11,16-17,20-27H2,1-4H3,(H,56,65)(H,57,64)(H,58,62)(H,69,70);8-9,11-12,15-16,20,26,28-30,37,43,55,73H,6-7,10,13-14,17-19,21-25H2,1-5H3,(H,56,65)(H,57,64)(H,58,62)(H,69,70);;/p-2/t29-,30+,31+,40?,45-,51?,52?,53?;28-,29+,30+,37?,43-,50?,51?,52?;;/m00../s1. The summed E-state index contributed by atoms with van der Waals surface area (Å²) in [6.45, 7) is 16.2. The molecule has 6 aliphatic carbocycles. The summed E-state index contributed by atoms with van der Waals surface area (Å²) in [5, 5.41) is 21.1. The zero-order valence-corrected chi connectivity index (χ0v) is 95.6. The first kappa shape index (κ1) is 111. The molecule has 8 fully saturated rings. The van der Waals surface area contributed by atoms with E-state index in [0.29, 0.717) is 148 Å². The molecule has 18 atom stereocenters. The van der Waals surface area contributed by atoms with Gasteiger partial charge in [0.2, 0.25) is 82.7 Å². The summed E-state index contributed by atoms with van der Waals surface area (Å²) in [5.74, 6) is -4.41. The van der Waals surface area contributed by atoms with Crippen LogP contribution >= 0.6 is 61.6 Å². The zero-order valence-electron chi connectivity index (χ0n) is 83.4. The van der Waals surface area contributed by atoms with Crippen LogP contribution in [0.5, 0.6) is 11.5 Å². The van der Waals surface area contributed by atoms with Gasteiger partial charge in [-0.05, 0) is 153 Å². The Labute approximate surface area is 937 Å². The third-order valence-corrected chi connectivity index (χ3v) is 36.2. The van der Waals surface area contributed by atoms with Crippen LogP contribution in [0.15, 0.2) is 103 Å². The number of nitrogens with zero attached hydrogens (tertiary/aromatic N) is 6. The number of amides is 14. The van der Waals surface area contributed by atoms with Crippen molar-refractivity contribution in [1.82, 2.24) is 36.1 Å². The molecule has 33 nitrogen and oxygen atoms in total. The SMILES string of the molecule is CC(C)[C@H](NC(=O)CCCCCN1C(=O)CC([S-])C1=O)C(=O)N[C@@H](C)C(=O)Nc1cc2c(c3ccccc13)[C@H](CCl)CN2C(=O)C12CC3(C(=O)N4C[C@@H](CCl)c5c4cc(OP(C)(=O)O)c4ccccc54)CC13C2.Cc1c[nH]c2c(OP(C)(=O)O)cc3c(c12)[C@H](CCl)CN3C(=O)C12CC3(C(=O)N4C[C@@H](CCl)c5c4cc(NC(=O)[C@H](C)NC(=O)[C@@H](NC(=O)CCCCCN4C(=O)CC([S-])C4=O)C(C)C)c4ccccc54)CC31C2.[Y].[Y]. The van der Waals surface area contributed by atoms with Gasteiger partial charge < -0.3 is 101 Å². The smallest absolute Gasteiger partial charge is 0.373 e. The fourth-order valence-electron chi connectivity index (χ4n) is 25.6. The number of aromatic nitrogens is 1. The number of halogens is 4. The number of anilines is 6. The Morgan fingerprint density at radius 3 is 1.11 bits per heavy atom. The number of alkyl halides is 4. The van der Waals surface area contributed by atoms with E-state index in [2.05, 4.69) is 36.9 Å². The predicted octanol–water partition coefficient (Wildman–Crippen LogP) is 14.1. The fourth-order valence-corrected chi connectivity index (χ4v) is 28.2. The van der Waals surface area contributed by atoms with Gasteiger partial charge in [0.05, 0.1) is 49.9 Å². The summed E-state index contributed by atoms with van der Waals surface area (Å²) in [6.07, 6.45) is 8.32. The summed E-state index contributed by atoms with van der Waals surface area (Å²) >= 11 is 36.5. The van der Waals surface area contributed by atoms with Crippen LogP contribution in [-0.4, -0.2) is 218 Å². The molecule has 9 N–H and O–H groups in total. The summed E-state index contributed by atoms with van der Waals surface area (Å²) in [6, 6.07) is 25.6. The molecule has 780 valence electrons. The monoisotopic (exact) mass is 2320 g/mol. The molecule has 6 aliphatic heterocycles. The first-order valence-electron chi connectivity index (χ1n) is 49.9. The number of H-pyrrole nitrogens is 1. The number of carbonyl (C=O) groups excluding carboxylic acids is 14. The van der Waals surface area contributed by atoms with Crippen molar-refractivity contribution < 1.29 is 161 Å². The third kappa shape index (κ3) is 19.1. The van der Waals surface area contributed by atoms with E-state index in [-0.39, 0.29) is 234 Å². The van der Waals surface area contributed by atoms with Crippen molar-refractivity contribution >= 4 is 247 Å². The molecule has 1 aromatic heterocycles. The Balaban J connectivity index is 0.000000199. The second kappa shape index (κ2) is 42.0. The van der Waals surface area contributed by atoms with Gasteiger partial charge in [0.25, 0.3) is 0 Å². The van der Waals surface area contributed by atoms with Crippen molar-refractivity contribution in [2.24, 2.45) is 44.3 Å². The summed E-state index contributed by atoms with van der Waals surface area (Å²) < 4.78 is 36.2. The van der Waals surface area contributed by atoms with Crippen LogP contribution in [0.3, 0.4) is 0 Å². The number of nitrogens with one attached hydrogen (secondary N) is 7. The number of rotatable bonds is 36. The Morgan fingerprint density at radius 1 is 0.446 bits per heavy atom. The number of aromatic amines is 1. The maximum atomic E-state index is 15.1. The summed E-state index contributed by atoms with van der Waals surface area (Å²) in [4.78, 5) is 223. The fraction of sp³-hybridized carbons (Fsp3) is 0.505. The molecule has 14 amide bonds. The Bertz CT molecular complexity index is 7040. The number of aryl methyl sites for hydroxylation is 1. The number of carbonyl (C=O) groups is 14. The molecule has 8 aromatic rings. The minimum absolute atomic E-state index is 0. The van der Waals surface area contributed by atoms with Gasteiger partial charge in [-0.2, -0.15) is 0 Å². The Hall–Kier alpha value is -8.11. The number of benzene rings is 7. The van der Waals surface area contributed by atoms with E-state index in [0.717, 1.165) is 73.5 Å². The van der Waals surface area contributed by atoms with Crippen LogP contribution in [-0.2, 0) is 167 Å². The van der Waals surface area contributed by atoms with Crippen LogP contribution in [0, 0.1) is 51.2 Å². The van der Waals surface area contributed by atoms with E-state index in [1.54, 1.807) is 91.6 Å². The van der Waals surface area contributed by atoms with Crippen molar-refractivity contribution in [3.63, 3.8) is 0 Å². The zero-order chi connectivity index (χ0) is 104. The van der Waals surface area contributed by atoms with Crippen molar-refractivity contribution in [2.75, 3.05) is 106 Å². The number of unbranched alkanes of at least 4 members (excludes halogenated alkanes) is 4. The van der Waals surface area contributed by atoms with E-state index in [1.807, 2.05) is 79.7 Å². The topological polar surface area (TPSA) is 439 Å². The maximum absolute atomic E-state index is 15.1. The number of imide groups is 2. The number of hydrogen-bond acceptors (Lipinski definition) is 20. The molecule has 2 saturated heterocycles. The van der Waals surface area contributed by atoms with Gasteiger partial charge in [-0.15, -0.1) is 46.4 Å². The minimum Gasteiger partial charge on any atom is -0.779 e. The average Bonchev–Trinajstić information content (AvgIpc) is 1.40. The van der Waals surface area contributed by atoms with E-state index in [1.165, 1.54) is 9.80 Å². The number of hydrogen-bond donors (Lipinski definition) is 9. The average molecular weight is 2330 g/mol. The molecule has 0 bridgehead atoms. The van der Waals surface area contributed by atoms with Crippen LogP contribution in [0.1, 0.15) is 196 Å². The first-order valence-corrected chi connectivity index (χ1v) is 57.1. The molecule has 148 heavy (non-hydrogen) atoms. The van der Waals surface area contributed by atoms with E-state index in [9.17, 15) is 76.5 Å². The molecule has 7 aromatic carbocycles. The summed E-state index contributed by atoms with van der Waals surface area (Å²) in [5.41, 5.74) is 4.34. The second-order valence-corrected chi connectivity index (χ2v) is 48.8. The maximum Gasteiger partial charge on any atom is 0.373 e. The first-order chi connectivity index (χ1) is 69.3. The van der Waals surface area contributed by atoms with Gasteiger partial charge in [-0.25, -0.2) is 9.13 Å². The van der Waals surface area contributed by atoms with Crippen LogP contribution in [0.4, 0.5) is 34.1 Å². The number of likely N-dealkylation sites (tertiary alicyclic amines) is 2. The molecular formula is C105H117Cl4N13O20P2S2Y2-2. The molecule has 10 unspecified atom stereocenters. The van der Waals surface area contributed by atoms with E-state index in [4.69, 9.17) is 80.7 Å². The number of fused-ring (bicyclic) bond motifs is 12. The molecule has 2 radical (unpaired) electrons. The molecule has 43 heteroatoms. The van der Waals surface area contributed by atoms with E-state index < -0.39 is 106 Å². The van der Waals surface area contributed by atoms with Gasteiger partial charge in [0.1, 0.15) is 29.9 Å². The normalized spacial score (nSPS) is 26.5. The molecule has 7 heterocycles. The van der Waals surface area contributed by atoms with Crippen LogP contribution in [0.2, 0.25) is 0 Å². The van der Waals surface area contributed by atoms with Gasteiger partial charge in [-0.3, -0.25) is 76.9 Å². The van der Waals surface area contributed by atoms with Crippen LogP contribution < -0.4 is 60.5 Å². The van der Waals surface area contributed by atoms with Gasteiger partial charge in [-0.1, -0.05) is 124 Å². The molecule has 6 saturated carbocycles. The van der Waals surface area contributed by atoms with Crippen molar-refractivity contribution in [3.05, 3.63) is 131 Å². The predicted molar refractivity (Wildman–Crippen MR) is 561 cm³/mol. The van der Waals surface area contributed by atoms with Crippen molar-refractivity contribution in [1.29, 1.82) is 0 Å². The quantitative estimate of drug-likeness (QED) is 0.00579. The molecule has 20 rings (SSSR count). The van der Waals surface area contributed by atoms with E-state index >= 15 is 9.59 Å². The third-order valence-electron chi connectivity index (χ3n) is 32.9. The second-order valence-electron chi connectivity index (χ2n) is 42.9. The minimum atomic E-state index is -3.97. The largest absolute Gasteiger partial charge is 0.779 e. The Morgan fingerprint density at radius 2 is 0.770 bits per heavy atom. The van der Waals surface area contributed by atoms with Crippen molar-refractivity contribution in [2.45, 2.75) is 210 Å². The summed E-state index contributed by atoms with van der Waals surface area (Å²) in [7, 11) is -7.93. The molecule has 12 aliphatic rings. The Kier molecular flexibility index (Phi) is 31.5. The van der Waals surface area contributed by atoms with Gasteiger partial charge in [0.15, 0.2) is 5.75 Å².